The minimum absolute atomic E-state index is 0.0515. The molecule has 0 saturated heterocycles. The molecule has 0 unspecified atom stereocenters. The maximum Gasteiger partial charge on any atom is 0.258 e. The maximum absolute atomic E-state index is 14.1. The Balaban J connectivity index is 1.61. The molecular formula is C24H26FN3O4S. The van der Waals surface area contributed by atoms with Crippen molar-refractivity contribution >= 4 is 15.7 Å². The molecule has 1 aromatic heterocycles. The summed E-state index contributed by atoms with van der Waals surface area (Å²) in [5, 5.41) is 4.45. The second-order valence-corrected chi connectivity index (χ2v) is 11.5. The standard InChI is InChI=1S/C24H26FN3O4S/c1-24(2,3)15-32-22-10-9-17(33(4,30)31)11-18(22)23(29)27-12-16-13-28(26-20(16)14-27)21-8-6-5-7-19(21)25/h5-11,13H,12,14-15H2,1-4H3. The van der Waals surface area contributed by atoms with Crippen molar-refractivity contribution in [1.82, 2.24) is 14.7 Å². The number of hydrogen-bond donors (Lipinski definition) is 0. The average molecular weight is 472 g/mol. The molecule has 33 heavy (non-hydrogen) atoms. The van der Waals surface area contributed by atoms with Crippen LogP contribution in [0.4, 0.5) is 4.39 Å². The largest absolute Gasteiger partial charge is 0.492 e. The van der Waals surface area contributed by atoms with E-state index in [2.05, 4.69) is 5.10 Å². The third-order valence-electron chi connectivity index (χ3n) is 5.24. The molecule has 1 aliphatic rings. The molecule has 0 N–H and O–H groups in total. The molecular weight excluding hydrogens is 445 g/mol. The molecule has 0 atom stereocenters. The van der Waals surface area contributed by atoms with Gasteiger partial charge in [-0.05, 0) is 35.7 Å². The lowest BCUT2D eigenvalue weighted by Gasteiger charge is -2.22. The van der Waals surface area contributed by atoms with Crippen molar-refractivity contribution in [2.45, 2.75) is 38.8 Å². The number of amides is 1. The summed E-state index contributed by atoms with van der Waals surface area (Å²) in [7, 11) is -3.50. The molecule has 9 heteroatoms. The summed E-state index contributed by atoms with van der Waals surface area (Å²) in [4.78, 5) is 15.0. The summed E-state index contributed by atoms with van der Waals surface area (Å²) in [6, 6.07) is 10.7. The Morgan fingerprint density at radius 2 is 1.88 bits per heavy atom. The Hall–Kier alpha value is -3.20. The second kappa shape index (κ2) is 8.30. The Kier molecular flexibility index (Phi) is 5.78. The number of fused-ring (bicyclic) bond motifs is 1. The van der Waals surface area contributed by atoms with E-state index in [1.54, 1.807) is 29.3 Å². The number of para-hydroxylation sites is 1. The van der Waals surface area contributed by atoms with Crippen LogP contribution in [0.3, 0.4) is 0 Å². The molecule has 4 rings (SSSR count). The Morgan fingerprint density at radius 3 is 2.52 bits per heavy atom. The van der Waals surface area contributed by atoms with E-state index >= 15 is 0 Å². The molecule has 0 bridgehead atoms. The molecule has 0 aliphatic carbocycles. The van der Waals surface area contributed by atoms with Gasteiger partial charge in [-0.1, -0.05) is 32.9 Å². The third-order valence-corrected chi connectivity index (χ3v) is 6.35. The zero-order valence-electron chi connectivity index (χ0n) is 19.0. The molecule has 2 aromatic carbocycles. The Morgan fingerprint density at radius 1 is 1.15 bits per heavy atom. The van der Waals surface area contributed by atoms with E-state index < -0.39 is 9.84 Å². The Labute approximate surface area is 192 Å². The van der Waals surface area contributed by atoms with Gasteiger partial charge < -0.3 is 9.64 Å². The van der Waals surface area contributed by atoms with Crippen LogP contribution in [0.2, 0.25) is 0 Å². The fraction of sp³-hybridized carbons (Fsp3) is 0.333. The van der Waals surface area contributed by atoms with Gasteiger partial charge in [-0.2, -0.15) is 5.10 Å². The van der Waals surface area contributed by atoms with Gasteiger partial charge >= 0.3 is 0 Å². The van der Waals surface area contributed by atoms with Gasteiger partial charge in [-0.3, -0.25) is 4.79 Å². The number of hydrogen-bond acceptors (Lipinski definition) is 5. The van der Waals surface area contributed by atoms with Crippen molar-refractivity contribution in [3.63, 3.8) is 0 Å². The van der Waals surface area contributed by atoms with E-state index in [1.165, 1.54) is 28.9 Å². The smallest absolute Gasteiger partial charge is 0.258 e. The van der Waals surface area contributed by atoms with Crippen LogP contribution < -0.4 is 4.74 Å². The number of benzene rings is 2. The van der Waals surface area contributed by atoms with Crippen LogP contribution in [0.5, 0.6) is 5.75 Å². The van der Waals surface area contributed by atoms with Gasteiger partial charge in [0.25, 0.3) is 5.91 Å². The quantitative estimate of drug-likeness (QED) is 0.562. The molecule has 0 radical (unpaired) electrons. The van der Waals surface area contributed by atoms with Crippen LogP contribution >= 0.6 is 0 Å². The lowest BCUT2D eigenvalue weighted by atomic mass is 9.98. The fourth-order valence-electron chi connectivity index (χ4n) is 3.55. The van der Waals surface area contributed by atoms with Crippen molar-refractivity contribution in [3.05, 3.63) is 71.3 Å². The van der Waals surface area contributed by atoms with Crippen molar-refractivity contribution in [2.24, 2.45) is 5.41 Å². The van der Waals surface area contributed by atoms with E-state index in [-0.39, 0.29) is 40.7 Å². The first-order valence-corrected chi connectivity index (χ1v) is 12.4. The number of nitrogens with zero attached hydrogens (tertiary/aromatic N) is 3. The van der Waals surface area contributed by atoms with Crippen LogP contribution in [0.25, 0.3) is 5.69 Å². The lowest BCUT2D eigenvalue weighted by Crippen LogP contribution is -2.27. The normalized spacial score (nSPS) is 13.8. The zero-order valence-corrected chi connectivity index (χ0v) is 19.8. The number of ether oxygens (including phenoxy) is 1. The SMILES string of the molecule is CC(C)(C)COc1ccc(S(C)(=O)=O)cc1C(=O)N1Cc2cn(-c3ccccc3F)nc2C1. The van der Waals surface area contributed by atoms with Gasteiger partial charge in [0.1, 0.15) is 17.3 Å². The van der Waals surface area contributed by atoms with Crippen LogP contribution in [-0.4, -0.2) is 41.9 Å². The number of carbonyl (C=O) groups is 1. The van der Waals surface area contributed by atoms with E-state index in [0.29, 0.717) is 23.7 Å². The van der Waals surface area contributed by atoms with E-state index in [1.807, 2.05) is 20.8 Å². The molecule has 0 fully saturated rings. The van der Waals surface area contributed by atoms with Crippen LogP contribution in [0.1, 0.15) is 42.4 Å². The van der Waals surface area contributed by atoms with Gasteiger partial charge in [0.2, 0.25) is 0 Å². The predicted octanol–water partition coefficient (Wildman–Crippen LogP) is 4.00. The summed E-state index contributed by atoms with van der Waals surface area (Å²) >= 11 is 0. The molecule has 0 saturated carbocycles. The number of rotatable bonds is 5. The molecule has 1 amide bonds. The monoisotopic (exact) mass is 471 g/mol. The first-order valence-electron chi connectivity index (χ1n) is 10.5. The highest BCUT2D eigenvalue weighted by Gasteiger charge is 2.30. The zero-order chi connectivity index (χ0) is 24.0. The summed E-state index contributed by atoms with van der Waals surface area (Å²) in [5.41, 5.74) is 1.86. The van der Waals surface area contributed by atoms with Gasteiger partial charge in [-0.25, -0.2) is 17.5 Å². The molecule has 7 nitrogen and oxygen atoms in total. The van der Waals surface area contributed by atoms with Crippen molar-refractivity contribution in [2.75, 3.05) is 12.9 Å². The number of halogens is 1. The number of carbonyl (C=O) groups excluding carboxylic acids is 1. The summed E-state index contributed by atoms with van der Waals surface area (Å²) in [5.74, 6) is -0.395. The molecule has 0 spiro atoms. The predicted molar refractivity (Wildman–Crippen MR) is 122 cm³/mol. The minimum Gasteiger partial charge on any atom is -0.492 e. The molecule has 174 valence electrons. The molecule has 1 aliphatic heterocycles. The Bertz CT molecular complexity index is 1300. The first-order chi connectivity index (χ1) is 15.4. The third kappa shape index (κ3) is 4.93. The summed E-state index contributed by atoms with van der Waals surface area (Å²) < 4.78 is 45.7. The summed E-state index contributed by atoms with van der Waals surface area (Å²) in [6.07, 6.45) is 2.81. The second-order valence-electron chi connectivity index (χ2n) is 9.44. The highest BCUT2D eigenvalue weighted by atomic mass is 32.2. The van der Waals surface area contributed by atoms with Gasteiger partial charge in [0, 0.05) is 24.6 Å². The van der Waals surface area contributed by atoms with Crippen molar-refractivity contribution in [1.29, 1.82) is 0 Å². The van der Waals surface area contributed by atoms with E-state index in [9.17, 15) is 17.6 Å². The maximum atomic E-state index is 14.1. The average Bonchev–Trinajstić information content (AvgIpc) is 3.30. The molecule has 2 heterocycles. The minimum atomic E-state index is -3.50. The van der Waals surface area contributed by atoms with Crippen LogP contribution in [0.15, 0.2) is 53.6 Å². The van der Waals surface area contributed by atoms with Crippen LogP contribution in [-0.2, 0) is 22.9 Å². The fourth-order valence-corrected chi connectivity index (χ4v) is 4.20. The van der Waals surface area contributed by atoms with E-state index in [0.717, 1.165) is 11.8 Å². The highest BCUT2D eigenvalue weighted by molar-refractivity contribution is 7.90. The van der Waals surface area contributed by atoms with Crippen molar-refractivity contribution in [3.8, 4) is 11.4 Å². The van der Waals surface area contributed by atoms with Gasteiger partial charge in [0.15, 0.2) is 9.84 Å². The highest BCUT2D eigenvalue weighted by Crippen LogP contribution is 2.30. The molecule has 3 aromatic rings. The van der Waals surface area contributed by atoms with Gasteiger partial charge in [-0.15, -0.1) is 0 Å². The topological polar surface area (TPSA) is 81.5 Å². The van der Waals surface area contributed by atoms with Crippen LogP contribution in [0, 0.1) is 11.2 Å². The number of aromatic nitrogens is 2. The first kappa shape index (κ1) is 23.0. The van der Waals surface area contributed by atoms with E-state index in [4.69, 9.17) is 4.74 Å². The van der Waals surface area contributed by atoms with Gasteiger partial charge in [0.05, 0.1) is 29.3 Å². The van der Waals surface area contributed by atoms with Crippen molar-refractivity contribution < 1.29 is 22.3 Å². The summed E-state index contributed by atoms with van der Waals surface area (Å²) in [6.45, 7) is 6.90. The number of sulfone groups is 1. The lowest BCUT2D eigenvalue weighted by molar-refractivity contribution is 0.0741.